The molecule has 0 aliphatic carbocycles. The standard InChI is InChI=1S/C13H27N3O/c1-2-3-4-7-12(15-14)13-9-16-8-5-6-11(16)10-17-13/h11-13,15H,2-10,14H2,1H3. The van der Waals surface area contributed by atoms with Crippen LogP contribution in [0.4, 0.5) is 0 Å². The maximum atomic E-state index is 5.99. The number of nitrogens with zero attached hydrogens (tertiary/aromatic N) is 1. The average molecular weight is 241 g/mol. The number of hydrogen-bond acceptors (Lipinski definition) is 4. The number of ether oxygens (including phenoxy) is 1. The fourth-order valence-electron chi connectivity index (χ4n) is 3.08. The van der Waals surface area contributed by atoms with Crippen molar-refractivity contribution < 1.29 is 4.74 Å². The monoisotopic (exact) mass is 241 g/mol. The topological polar surface area (TPSA) is 50.5 Å². The van der Waals surface area contributed by atoms with Crippen LogP contribution in [0.15, 0.2) is 0 Å². The van der Waals surface area contributed by atoms with Gasteiger partial charge in [0.05, 0.1) is 12.7 Å². The molecule has 2 aliphatic rings. The van der Waals surface area contributed by atoms with E-state index in [9.17, 15) is 0 Å². The van der Waals surface area contributed by atoms with Crippen molar-refractivity contribution in [3.05, 3.63) is 0 Å². The van der Waals surface area contributed by atoms with E-state index in [1.807, 2.05) is 0 Å². The van der Waals surface area contributed by atoms with Crippen LogP contribution in [0.1, 0.15) is 45.4 Å². The molecule has 0 aromatic rings. The minimum Gasteiger partial charge on any atom is -0.374 e. The molecule has 4 nitrogen and oxygen atoms in total. The second-order valence-corrected chi connectivity index (χ2v) is 5.43. The second-order valence-electron chi connectivity index (χ2n) is 5.43. The molecular formula is C13H27N3O. The summed E-state index contributed by atoms with van der Waals surface area (Å²) in [5.41, 5.74) is 2.96. The number of nitrogens with one attached hydrogen (secondary N) is 1. The molecule has 0 saturated carbocycles. The zero-order valence-corrected chi connectivity index (χ0v) is 11.0. The maximum absolute atomic E-state index is 5.99. The Morgan fingerprint density at radius 1 is 1.47 bits per heavy atom. The van der Waals surface area contributed by atoms with E-state index < -0.39 is 0 Å². The van der Waals surface area contributed by atoms with Crippen LogP contribution in [-0.4, -0.2) is 42.8 Å². The molecule has 2 heterocycles. The second kappa shape index (κ2) is 6.69. The number of morpholine rings is 1. The minimum absolute atomic E-state index is 0.284. The van der Waals surface area contributed by atoms with Crippen molar-refractivity contribution in [1.82, 2.24) is 10.3 Å². The summed E-state index contributed by atoms with van der Waals surface area (Å²) >= 11 is 0. The van der Waals surface area contributed by atoms with E-state index in [0.29, 0.717) is 12.1 Å². The Labute approximate surface area is 105 Å². The van der Waals surface area contributed by atoms with Crippen LogP contribution in [0.5, 0.6) is 0 Å². The molecule has 2 rings (SSSR count). The molecule has 0 spiro atoms. The summed E-state index contributed by atoms with van der Waals surface area (Å²) in [7, 11) is 0. The van der Waals surface area contributed by atoms with E-state index in [4.69, 9.17) is 10.6 Å². The number of unbranched alkanes of at least 4 members (excludes halogenated alkanes) is 2. The van der Waals surface area contributed by atoms with Crippen LogP contribution in [-0.2, 0) is 4.74 Å². The van der Waals surface area contributed by atoms with E-state index in [2.05, 4.69) is 17.2 Å². The molecule has 0 radical (unpaired) electrons. The Balaban J connectivity index is 1.78. The Bertz CT molecular complexity index is 225. The SMILES string of the molecule is CCCCCC(NN)C1CN2CCCC2CO1. The zero-order valence-electron chi connectivity index (χ0n) is 11.0. The highest BCUT2D eigenvalue weighted by atomic mass is 16.5. The molecule has 2 fully saturated rings. The third-order valence-electron chi connectivity index (χ3n) is 4.20. The van der Waals surface area contributed by atoms with Gasteiger partial charge in [-0.15, -0.1) is 0 Å². The van der Waals surface area contributed by atoms with Gasteiger partial charge in [-0.1, -0.05) is 26.2 Å². The molecule has 3 N–H and O–H groups in total. The fraction of sp³-hybridized carbons (Fsp3) is 1.00. The molecule has 17 heavy (non-hydrogen) atoms. The first-order valence-electron chi connectivity index (χ1n) is 7.17. The smallest absolute Gasteiger partial charge is 0.0868 e. The first-order chi connectivity index (χ1) is 8.35. The molecule has 3 unspecified atom stereocenters. The molecule has 2 saturated heterocycles. The van der Waals surface area contributed by atoms with E-state index in [-0.39, 0.29) is 6.10 Å². The highest BCUT2D eigenvalue weighted by Gasteiger charge is 2.35. The fourth-order valence-corrected chi connectivity index (χ4v) is 3.08. The summed E-state index contributed by atoms with van der Waals surface area (Å²) in [5, 5.41) is 0. The number of fused-ring (bicyclic) bond motifs is 1. The Morgan fingerprint density at radius 3 is 3.12 bits per heavy atom. The average Bonchev–Trinajstić information content (AvgIpc) is 2.82. The molecule has 0 amide bonds. The molecule has 0 aromatic heterocycles. The predicted octanol–water partition coefficient (Wildman–Crippen LogP) is 1.26. The molecular weight excluding hydrogens is 214 g/mol. The predicted molar refractivity (Wildman–Crippen MR) is 69.6 cm³/mol. The van der Waals surface area contributed by atoms with E-state index in [0.717, 1.165) is 19.6 Å². The molecule has 0 aromatic carbocycles. The summed E-state index contributed by atoms with van der Waals surface area (Å²) < 4.78 is 5.99. The number of hydrazine groups is 1. The van der Waals surface area contributed by atoms with Crippen molar-refractivity contribution in [3.63, 3.8) is 0 Å². The van der Waals surface area contributed by atoms with Crippen LogP contribution in [0.2, 0.25) is 0 Å². The van der Waals surface area contributed by atoms with Gasteiger partial charge in [-0.05, 0) is 25.8 Å². The van der Waals surface area contributed by atoms with Gasteiger partial charge in [0, 0.05) is 18.6 Å². The van der Waals surface area contributed by atoms with Crippen molar-refractivity contribution in [2.75, 3.05) is 19.7 Å². The minimum atomic E-state index is 0.284. The van der Waals surface area contributed by atoms with Crippen molar-refractivity contribution in [1.29, 1.82) is 0 Å². The van der Waals surface area contributed by atoms with Crippen LogP contribution >= 0.6 is 0 Å². The van der Waals surface area contributed by atoms with Gasteiger partial charge in [0.1, 0.15) is 0 Å². The van der Waals surface area contributed by atoms with E-state index in [1.165, 1.54) is 38.6 Å². The first-order valence-corrected chi connectivity index (χ1v) is 7.17. The van der Waals surface area contributed by atoms with Gasteiger partial charge in [-0.3, -0.25) is 16.2 Å². The molecule has 100 valence electrons. The highest BCUT2D eigenvalue weighted by molar-refractivity contribution is 4.89. The number of nitrogens with two attached hydrogens (primary N) is 1. The van der Waals surface area contributed by atoms with Gasteiger partial charge < -0.3 is 4.74 Å². The van der Waals surface area contributed by atoms with Gasteiger partial charge in [-0.25, -0.2) is 0 Å². The number of hydrogen-bond donors (Lipinski definition) is 2. The van der Waals surface area contributed by atoms with Gasteiger partial charge >= 0.3 is 0 Å². The lowest BCUT2D eigenvalue weighted by atomic mass is 10.0. The summed E-state index contributed by atoms with van der Waals surface area (Å²) in [6.45, 7) is 5.44. The van der Waals surface area contributed by atoms with Gasteiger partial charge in [0.2, 0.25) is 0 Å². The van der Waals surface area contributed by atoms with Crippen LogP contribution in [0.25, 0.3) is 0 Å². The summed E-state index contributed by atoms with van der Waals surface area (Å²) in [6, 6.07) is 1.00. The van der Waals surface area contributed by atoms with Crippen LogP contribution < -0.4 is 11.3 Å². The van der Waals surface area contributed by atoms with Crippen LogP contribution in [0, 0.1) is 0 Å². The molecule has 0 bridgehead atoms. The van der Waals surface area contributed by atoms with Crippen molar-refractivity contribution >= 4 is 0 Å². The summed E-state index contributed by atoms with van der Waals surface area (Å²) in [5.74, 6) is 5.67. The highest BCUT2D eigenvalue weighted by Crippen LogP contribution is 2.24. The van der Waals surface area contributed by atoms with Gasteiger partial charge in [-0.2, -0.15) is 0 Å². The lowest BCUT2D eigenvalue weighted by molar-refractivity contribution is -0.0659. The Morgan fingerprint density at radius 2 is 2.35 bits per heavy atom. The maximum Gasteiger partial charge on any atom is 0.0868 e. The summed E-state index contributed by atoms with van der Waals surface area (Å²) in [6.07, 6.45) is 7.85. The lowest BCUT2D eigenvalue weighted by Crippen LogP contribution is -2.55. The van der Waals surface area contributed by atoms with Crippen molar-refractivity contribution in [2.45, 2.75) is 63.6 Å². The van der Waals surface area contributed by atoms with Crippen LogP contribution in [0.3, 0.4) is 0 Å². The van der Waals surface area contributed by atoms with Gasteiger partial charge in [0.15, 0.2) is 0 Å². The third kappa shape index (κ3) is 3.41. The number of rotatable bonds is 6. The zero-order chi connectivity index (χ0) is 12.1. The Hall–Kier alpha value is -0.160. The molecule has 3 atom stereocenters. The van der Waals surface area contributed by atoms with Crippen molar-refractivity contribution in [2.24, 2.45) is 5.84 Å². The summed E-state index contributed by atoms with van der Waals surface area (Å²) in [4.78, 5) is 2.58. The molecule has 2 aliphatic heterocycles. The van der Waals surface area contributed by atoms with E-state index >= 15 is 0 Å². The third-order valence-corrected chi connectivity index (χ3v) is 4.20. The van der Waals surface area contributed by atoms with Gasteiger partial charge in [0.25, 0.3) is 0 Å². The van der Waals surface area contributed by atoms with Crippen molar-refractivity contribution in [3.8, 4) is 0 Å². The normalized spacial score (nSPS) is 31.4. The first kappa shape index (κ1) is 13.3. The largest absolute Gasteiger partial charge is 0.374 e. The Kier molecular flexibility index (Phi) is 5.22. The quantitative estimate of drug-likeness (QED) is 0.418. The van der Waals surface area contributed by atoms with E-state index in [1.54, 1.807) is 0 Å². The lowest BCUT2D eigenvalue weighted by Gasteiger charge is -2.38. The molecule has 4 heteroatoms.